The molecule has 0 bridgehead atoms. The maximum absolute atomic E-state index is 12.4. The van der Waals surface area contributed by atoms with Crippen LogP contribution in [0.2, 0.25) is 0 Å². The zero-order chi connectivity index (χ0) is 15.5. The Morgan fingerprint density at radius 3 is 2.50 bits per heavy atom. The molecule has 0 saturated carbocycles. The molecule has 0 saturated heterocycles. The number of carbonyl (C=O) groups is 1. The minimum Gasteiger partial charge on any atom is -0.508 e. The SMILES string of the molecule is Cc1cc(C(C2=CCCCC2=O)c2ccccc2)ccc1O. The van der Waals surface area contributed by atoms with Crippen molar-refractivity contribution < 1.29 is 9.90 Å². The van der Waals surface area contributed by atoms with Crippen LogP contribution in [0.15, 0.2) is 60.2 Å². The van der Waals surface area contributed by atoms with Gasteiger partial charge in [-0.25, -0.2) is 0 Å². The molecule has 0 heterocycles. The van der Waals surface area contributed by atoms with Crippen LogP contribution in [0, 0.1) is 6.92 Å². The quantitative estimate of drug-likeness (QED) is 0.903. The molecule has 2 aromatic carbocycles. The standard InChI is InChI=1S/C20H20O2/c1-14-13-16(11-12-18(14)21)20(15-7-3-2-4-8-15)17-9-5-6-10-19(17)22/h2-4,7-9,11-13,20-21H,5-6,10H2,1H3. The molecule has 2 heteroatoms. The van der Waals surface area contributed by atoms with Crippen molar-refractivity contribution in [2.24, 2.45) is 0 Å². The summed E-state index contributed by atoms with van der Waals surface area (Å²) in [6, 6.07) is 15.7. The summed E-state index contributed by atoms with van der Waals surface area (Å²) < 4.78 is 0. The second-order valence-electron chi connectivity index (χ2n) is 5.86. The number of Topliss-reactive ketones (excluding diaryl/α,β-unsaturated/α-hetero) is 1. The minimum absolute atomic E-state index is 0.0479. The average molecular weight is 292 g/mol. The number of hydrogen-bond acceptors (Lipinski definition) is 2. The molecule has 0 amide bonds. The van der Waals surface area contributed by atoms with Crippen LogP contribution >= 0.6 is 0 Å². The predicted octanol–water partition coefficient (Wildman–Crippen LogP) is 4.51. The van der Waals surface area contributed by atoms with Crippen LogP contribution in [0.25, 0.3) is 0 Å². The lowest BCUT2D eigenvalue weighted by Gasteiger charge is -2.24. The van der Waals surface area contributed by atoms with Gasteiger partial charge in [-0.1, -0.05) is 48.5 Å². The Labute approximate surface area is 131 Å². The Kier molecular flexibility index (Phi) is 4.10. The van der Waals surface area contributed by atoms with Crippen molar-refractivity contribution in [3.05, 3.63) is 76.9 Å². The third-order valence-electron chi connectivity index (χ3n) is 4.29. The summed E-state index contributed by atoms with van der Waals surface area (Å²) in [6.07, 6.45) is 4.62. The third kappa shape index (κ3) is 2.82. The first kappa shape index (κ1) is 14.6. The molecule has 2 aromatic rings. The molecular weight excluding hydrogens is 272 g/mol. The zero-order valence-electron chi connectivity index (χ0n) is 12.8. The van der Waals surface area contributed by atoms with Crippen molar-refractivity contribution in [1.82, 2.24) is 0 Å². The normalized spacial score (nSPS) is 16.2. The molecule has 1 aliphatic carbocycles. The molecule has 0 aliphatic heterocycles. The van der Waals surface area contributed by atoms with Gasteiger partial charge in [0, 0.05) is 17.9 Å². The number of aromatic hydroxyl groups is 1. The molecule has 0 fully saturated rings. The van der Waals surface area contributed by atoms with Gasteiger partial charge in [-0.3, -0.25) is 4.79 Å². The fourth-order valence-corrected chi connectivity index (χ4v) is 3.11. The minimum atomic E-state index is -0.0479. The van der Waals surface area contributed by atoms with Crippen LogP contribution in [0.4, 0.5) is 0 Å². The first-order valence-electron chi connectivity index (χ1n) is 7.74. The Morgan fingerprint density at radius 2 is 1.82 bits per heavy atom. The fourth-order valence-electron chi connectivity index (χ4n) is 3.11. The Balaban J connectivity index is 2.12. The van der Waals surface area contributed by atoms with Gasteiger partial charge in [0.2, 0.25) is 0 Å². The summed E-state index contributed by atoms with van der Waals surface area (Å²) in [5, 5.41) is 9.78. The van der Waals surface area contributed by atoms with Gasteiger partial charge >= 0.3 is 0 Å². The van der Waals surface area contributed by atoms with Crippen LogP contribution in [-0.2, 0) is 4.79 Å². The summed E-state index contributed by atoms with van der Waals surface area (Å²) in [5.74, 6) is 0.485. The summed E-state index contributed by atoms with van der Waals surface area (Å²) >= 11 is 0. The van der Waals surface area contributed by atoms with E-state index < -0.39 is 0 Å². The van der Waals surface area contributed by atoms with E-state index in [1.165, 1.54) is 0 Å². The van der Waals surface area contributed by atoms with Gasteiger partial charge in [0.15, 0.2) is 5.78 Å². The molecule has 3 rings (SSSR count). The summed E-state index contributed by atoms with van der Waals surface area (Å²) in [5.41, 5.74) is 3.90. The third-order valence-corrected chi connectivity index (χ3v) is 4.29. The number of hydrogen-bond donors (Lipinski definition) is 1. The average Bonchev–Trinajstić information content (AvgIpc) is 2.54. The second-order valence-corrected chi connectivity index (χ2v) is 5.86. The first-order chi connectivity index (χ1) is 10.7. The Hall–Kier alpha value is -2.35. The Bertz CT molecular complexity index is 714. The van der Waals surface area contributed by atoms with Crippen LogP contribution in [-0.4, -0.2) is 10.9 Å². The van der Waals surface area contributed by atoms with Gasteiger partial charge in [-0.05, 0) is 42.5 Å². The van der Waals surface area contributed by atoms with E-state index in [-0.39, 0.29) is 11.7 Å². The molecule has 1 N–H and O–H groups in total. The van der Waals surface area contributed by atoms with Gasteiger partial charge in [-0.15, -0.1) is 0 Å². The topological polar surface area (TPSA) is 37.3 Å². The van der Waals surface area contributed by atoms with Crippen molar-refractivity contribution in [3.8, 4) is 5.75 Å². The number of rotatable bonds is 3. The molecule has 2 nitrogen and oxygen atoms in total. The summed E-state index contributed by atoms with van der Waals surface area (Å²) in [4.78, 5) is 12.4. The monoisotopic (exact) mass is 292 g/mol. The van der Waals surface area contributed by atoms with Gasteiger partial charge in [-0.2, -0.15) is 0 Å². The molecule has 1 atom stereocenters. The van der Waals surface area contributed by atoms with Crippen LogP contribution in [0.5, 0.6) is 5.75 Å². The smallest absolute Gasteiger partial charge is 0.159 e. The van der Waals surface area contributed by atoms with Crippen LogP contribution in [0.1, 0.15) is 41.9 Å². The molecule has 1 aliphatic rings. The molecule has 22 heavy (non-hydrogen) atoms. The summed E-state index contributed by atoms with van der Waals surface area (Å²) in [7, 11) is 0. The van der Waals surface area contributed by atoms with E-state index in [1.807, 2.05) is 37.3 Å². The van der Waals surface area contributed by atoms with E-state index in [4.69, 9.17) is 0 Å². The highest BCUT2D eigenvalue weighted by molar-refractivity contribution is 5.98. The van der Waals surface area contributed by atoms with Gasteiger partial charge in [0.25, 0.3) is 0 Å². The number of phenolic OH excluding ortho intramolecular Hbond substituents is 1. The lowest BCUT2D eigenvalue weighted by atomic mass is 9.79. The highest BCUT2D eigenvalue weighted by Gasteiger charge is 2.26. The Morgan fingerprint density at radius 1 is 1.05 bits per heavy atom. The van der Waals surface area contributed by atoms with E-state index in [0.717, 1.165) is 35.1 Å². The van der Waals surface area contributed by atoms with E-state index >= 15 is 0 Å². The maximum Gasteiger partial charge on any atom is 0.159 e. The van der Waals surface area contributed by atoms with Crippen LogP contribution in [0.3, 0.4) is 0 Å². The number of aryl methyl sites for hydroxylation is 1. The molecule has 0 radical (unpaired) electrons. The molecular formula is C20H20O2. The largest absolute Gasteiger partial charge is 0.508 e. The van der Waals surface area contributed by atoms with Crippen molar-refractivity contribution in [3.63, 3.8) is 0 Å². The van der Waals surface area contributed by atoms with E-state index in [0.29, 0.717) is 12.2 Å². The van der Waals surface area contributed by atoms with Crippen molar-refractivity contribution in [2.45, 2.75) is 32.1 Å². The molecule has 112 valence electrons. The van der Waals surface area contributed by atoms with Gasteiger partial charge in [0.1, 0.15) is 5.75 Å². The number of carbonyl (C=O) groups excluding carboxylic acids is 1. The lowest BCUT2D eigenvalue weighted by molar-refractivity contribution is -0.116. The molecule has 1 unspecified atom stereocenters. The first-order valence-corrected chi connectivity index (χ1v) is 7.74. The fraction of sp³-hybridized carbons (Fsp3) is 0.250. The highest BCUT2D eigenvalue weighted by Crippen LogP contribution is 2.36. The second kappa shape index (κ2) is 6.18. The van der Waals surface area contributed by atoms with E-state index in [1.54, 1.807) is 6.07 Å². The number of allylic oxidation sites excluding steroid dienone is 2. The number of phenols is 1. The van der Waals surface area contributed by atoms with E-state index in [9.17, 15) is 9.90 Å². The predicted molar refractivity (Wildman–Crippen MR) is 88.1 cm³/mol. The van der Waals surface area contributed by atoms with Crippen molar-refractivity contribution >= 4 is 5.78 Å². The number of ketones is 1. The lowest BCUT2D eigenvalue weighted by Crippen LogP contribution is -2.16. The van der Waals surface area contributed by atoms with Crippen LogP contribution < -0.4 is 0 Å². The zero-order valence-corrected chi connectivity index (χ0v) is 12.8. The van der Waals surface area contributed by atoms with Crippen molar-refractivity contribution in [1.29, 1.82) is 0 Å². The summed E-state index contributed by atoms with van der Waals surface area (Å²) in [6.45, 7) is 1.89. The molecule has 0 aromatic heterocycles. The number of benzene rings is 2. The van der Waals surface area contributed by atoms with Gasteiger partial charge < -0.3 is 5.11 Å². The maximum atomic E-state index is 12.4. The highest BCUT2D eigenvalue weighted by atomic mass is 16.3. The van der Waals surface area contributed by atoms with Crippen molar-refractivity contribution in [2.75, 3.05) is 0 Å². The van der Waals surface area contributed by atoms with E-state index in [2.05, 4.69) is 18.2 Å². The van der Waals surface area contributed by atoms with Gasteiger partial charge in [0.05, 0.1) is 0 Å². The molecule has 0 spiro atoms.